The van der Waals surface area contributed by atoms with Gasteiger partial charge >= 0.3 is 0 Å². The molecule has 2 aromatic heterocycles. The first-order chi connectivity index (χ1) is 18.1. The van der Waals surface area contributed by atoms with E-state index in [1.807, 2.05) is 66.9 Å². The molecular formula is C31H34N4O2. The van der Waals surface area contributed by atoms with Crippen LogP contribution < -0.4 is 10.2 Å². The summed E-state index contributed by atoms with van der Waals surface area (Å²) in [5, 5.41) is 4.29. The summed E-state index contributed by atoms with van der Waals surface area (Å²) in [7, 11) is 0. The van der Waals surface area contributed by atoms with Crippen LogP contribution in [-0.2, 0) is 22.4 Å². The summed E-state index contributed by atoms with van der Waals surface area (Å²) in [5.74, 6) is -0.278. The quantitative estimate of drug-likeness (QED) is 0.321. The Kier molecular flexibility index (Phi) is 7.64. The van der Waals surface area contributed by atoms with Crippen molar-refractivity contribution in [3.8, 4) is 0 Å². The van der Waals surface area contributed by atoms with Crippen molar-refractivity contribution in [3.05, 3.63) is 95.9 Å². The highest BCUT2D eigenvalue weighted by Gasteiger charge is 2.34. The Hall–Kier alpha value is -3.93. The third-order valence-corrected chi connectivity index (χ3v) is 7.39. The van der Waals surface area contributed by atoms with Gasteiger partial charge in [-0.25, -0.2) is 0 Å². The first kappa shape index (κ1) is 24.8. The number of benzene rings is 2. The molecule has 0 spiro atoms. The van der Waals surface area contributed by atoms with Gasteiger partial charge in [0.25, 0.3) is 0 Å². The van der Waals surface area contributed by atoms with Crippen molar-refractivity contribution in [2.75, 3.05) is 4.90 Å². The van der Waals surface area contributed by atoms with E-state index in [0.29, 0.717) is 5.69 Å². The van der Waals surface area contributed by atoms with Gasteiger partial charge in [-0.15, -0.1) is 0 Å². The van der Waals surface area contributed by atoms with Gasteiger partial charge in [-0.3, -0.25) is 19.5 Å². The van der Waals surface area contributed by atoms with Crippen LogP contribution in [0.1, 0.15) is 61.8 Å². The average molecular weight is 495 g/mol. The van der Waals surface area contributed by atoms with Crippen LogP contribution in [0.2, 0.25) is 0 Å². The topological polar surface area (TPSA) is 78.1 Å². The van der Waals surface area contributed by atoms with Gasteiger partial charge in [-0.05, 0) is 66.3 Å². The lowest BCUT2D eigenvalue weighted by molar-refractivity contribution is -0.127. The number of para-hydroxylation sites is 1. The number of nitrogens with zero attached hydrogens (tertiary/aromatic N) is 2. The SMILES string of the molecule is CCc1ccc(N(C(=O)Cc2c[nH]c3ccccc23)C(C(=O)NC2CCCCC2)c2ccncc2)cc1. The molecule has 1 aliphatic rings. The maximum Gasteiger partial charge on any atom is 0.248 e. The van der Waals surface area contributed by atoms with E-state index in [4.69, 9.17) is 0 Å². The molecule has 2 amide bonds. The highest BCUT2D eigenvalue weighted by molar-refractivity contribution is 6.03. The van der Waals surface area contributed by atoms with Gasteiger partial charge in [-0.2, -0.15) is 0 Å². The Bertz CT molecular complexity index is 1340. The number of aromatic nitrogens is 2. The molecule has 2 aromatic carbocycles. The van der Waals surface area contributed by atoms with Crippen LogP contribution in [0, 0.1) is 0 Å². The maximum absolute atomic E-state index is 14.1. The lowest BCUT2D eigenvalue weighted by atomic mass is 9.94. The third-order valence-electron chi connectivity index (χ3n) is 7.39. The van der Waals surface area contributed by atoms with Crippen molar-refractivity contribution in [1.29, 1.82) is 0 Å². The highest BCUT2D eigenvalue weighted by atomic mass is 16.2. The second kappa shape index (κ2) is 11.4. The van der Waals surface area contributed by atoms with Crippen LogP contribution in [0.4, 0.5) is 5.69 Å². The lowest BCUT2D eigenvalue weighted by Crippen LogP contribution is -2.47. The lowest BCUT2D eigenvalue weighted by Gasteiger charge is -2.33. The van der Waals surface area contributed by atoms with E-state index in [1.54, 1.807) is 17.3 Å². The number of carbonyl (C=O) groups is 2. The number of H-pyrrole nitrogens is 1. The summed E-state index contributed by atoms with van der Waals surface area (Å²) in [6.07, 6.45) is 11.7. The molecule has 5 rings (SSSR count). The molecular weight excluding hydrogens is 460 g/mol. The smallest absolute Gasteiger partial charge is 0.248 e. The second-order valence-corrected chi connectivity index (χ2v) is 9.85. The van der Waals surface area contributed by atoms with Crippen LogP contribution >= 0.6 is 0 Å². The molecule has 1 unspecified atom stereocenters. The van der Waals surface area contributed by atoms with Crippen molar-refractivity contribution in [1.82, 2.24) is 15.3 Å². The number of carbonyl (C=O) groups excluding carboxylic acids is 2. The Balaban J connectivity index is 1.54. The van der Waals surface area contributed by atoms with E-state index in [2.05, 4.69) is 22.2 Å². The number of fused-ring (bicyclic) bond motifs is 1. The number of hydrogen-bond donors (Lipinski definition) is 2. The van der Waals surface area contributed by atoms with Crippen LogP contribution in [0.5, 0.6) is 0 Å². The molecule has 0 saturated heterocycles. The fraction of sp³-hybridized carbons (Fsp3) is 0.323. The van der Waals surface area contributed by atoms with Gasteiger partial charge in [0.05, 0.1) is 6.42 Å². The van der Waals surface area contributed by atoms with Crippen molar-refractivity contribution >= 4 is 28.4 Å². The zero-order valence-electron chi connectivity index (χ0n) is 21.3. The zero-order valence-corrected chi connectivity index (χ0v) is 21.3. The first-order valence-electron chi connectivity index (χ1n) is 13.3. The molecule has 1 aliphatic carbocycles. The number of rotatable bonds is 8. The van der Waals surface area contributed by atoms with Gasteiger partial charge in [0.2, 0.25) is 11.8 Å². The molecule has 37 heavy (non-hydrogen) atoms. The summed E-state index contributed by atoms with van der Waals surface area (Å²) in [5.41, 5.74) is 4.54. The monoisotopic (exact) mass is 494 g/mol. The second-order valence-electron chi connectivity index (χ2n) is 9.85. The minimum absolute atomic E-state index is 0.130. The molecule has 6 heteroatoms. The Morgan fingerprint density at radius 1 is 1.00 bits per heavy atom. The number of amides is 2. The standard InChI is InChI=1S/C31H34N4O2/c1-2-22-12-14-26(15-13-22)35(29(36)20-24-21-33-28-11-7-6-10-27(24)28)30(23-16-18-32-19-17-23)31(37)34-25-8-4-3-5-9-25/h6-7,10-19,21,25,30,33H,2-5,8-9,20H2,1H3,(H,34,37). The van der Waals surface area contributed by atoms with Gasteiger partial charge < -0.3 is 10.3 Å². The van der Waals surface area contributed by atoms with Gasteiger partial charge in [0, 0.05) is 41.2 Å². The predicted molar refractivity (Wildman–Crippen MR) is 147 cm³/mol. The van der Waals surface area contributed by atoms with Crippen LogP contribution in [-0.4, -0.2) is 27.8 Å². The minimum Gasteiger partial charge on any atom is -0.361 e. The normalized spacial score (nSPS) is 14.8. The maximum atomic E-state index is 14.1. The molecule has 6 nitrogen and oxygen atoms in total. The number of hydrogen-bond acceptors (Lipinski definition) is 3. The number of aromatic amines is 1. The average Bonchev–Trinajstić information content (AvgIpc) is 3.35. The molecule has 190 valence electrons. The summed E-state index contributed by atoms with van der Waals surface area (Å²) >= 11 is 0. The minimum atomic E-state index is -0.796. The first-order valence-corrected chi connectivity index (χ1v) is 13.3. The molecule has 0 aliphatic heterocycles. The van der Waals surface area contributed by atoms with Gasteiger partial charge in [-0.1, -0.05) is 56.5 Å². The van der Waals surface area contributed by atoms with E-state index in [1.165, 1.54) is 12.0 Å². The molecule has 1 saturated carbocycles. The molecule has 0 bridgehead atoms. The van der Waals surface area contributed by atoms with Crippen LogP contribution in [0.25, 0.3) is 10.9 Å². The molecule has 4 aromatic rings. The fourth-order valence-electron chi connectivity index (χ4n) is 5.35. The van der Waals surface area contributed by atoms with Gasteiger partial charge in [0.1, 0.15) is 6.04 Å². The number of anilines is 1. The number of pyridine rings is 1. The largest absolute Gasteiger partial charge is 0.361 e. The van der Waals surface area contributed by atoms with E-state index in [9.17, 15) is 9.59 Å². The Morgan fingerprint density at radius 2 is 1.73 bits per heavy atom. The van der Waals surface area contributed by atoms with Crippen LogP contribution in [0.15, 0.2) is 79.3 Å². The van der Waals surface area contributed by atoms with Crippen molar-refractivity contribution in [2.24, 2.45) is 0 Å². The van der Waals surface area contributed by atoms with Gasteiger partial charge in [0.15, 0.2) is 0 Å². The molecule has 1 fully saturated rings. The predicted octanol–water partition coefficient (Wildman–Crippen LogP) is 5.89. The third kappa shape index (κ3) is 5.58. The summed E-state index contributed by atoms with van der Waals surface area (Å²) in [6.45, 7) is 2.10. The number of aryl methyl sites for hydroxylation is 1. The molecule has 2 heterocycles. The van der Waals surface area contributed by atoms with E-state index < -0.39 is 6.04 Å². The molecule has 2 N–H and O–H groups in total. The van der Waals surface area contributed by atoms with Crippen molar-refractivity contribution in [3.63, 3.8) is 0 Å². The van der Waals surface area contributed by atoms with E-state index >= 15 is 0 Å². The number of nitrogens with one attached hydrogen (secondary N) is 2. The van der Waals surface area contributed by atoms with E-state index in [0.717, 1.165) is 54.1 Å². The molecule has 1 atom stereocenters. The van der Waals surface area contributed by atoms with Crippen molar-refractivity contribution < 1.29 is 9.59 Å². The summed E-state index contributed by atoms with van der Waals surface area (Å²) in [6, 6.07) is 18.9. The Labute approximate surface area is 218 Å². The van der Waals surface area contributed by atoms with Crippen molar-refractivity contribution in [2.45, 2.75) is 64.0 Å². The zero-order chi connectivity index (χ0) is 25.6. The fourth-order valence-corrected chi connectivity index (χ4v) is 5.35. The molecule has 0 radical (unpaired) electrons. The summed E-state index contributed by atoms with van der Waals surface area (Å²) in [4.78, 5) is 37.2. The highest BCUT2D eigenvalue weighted by Crippen LogP contribution is 2.31. The van der Waals surface area contributed by atoms with E-state index in [-0.39, 0.29) is 24.3 Å². The summed E-state index contributed by atoms with van der Waals surface area (Å²) < 4.78 is 0. The van der Waals surface area contributed by atoms with Crippen LogP contribution in [0.3, 0.4) is 0 Å². The Morgan fingerprint density at radius 3 is 2.46 bits per heavy atom.